The number of carbonyl (C=O) groups excluding carboxylic acids is 1. The molecule has 150 valence electrons. The maximum absolute atomic E-state index is 12.7. The molecule has 0 saturated heterocycles. The molecule has 28 heavy (non-hydrogen) atoms. The van der Waals surface area contributed by atoms with Crippen LogP contribution in [0.25, 0.3) is 0 Å². The molecule has 0 heterocycles. The molecule has 0 aromatic heterocycles. The normalized spacial score (nSPS) is 12.1. The van der Waals surface area contributed by atoms with E-state index in [4.69, 9.17) is 4.74 Å². The molecule has 2 aromatic rings. The van der Waals surface area contributed by atoms with Crippen molar-refractivity contribution < 1.29 is 22.9 Å². The van der Waals surface area contributed by atoms with Gasteiger partial charge in [-0.15, -0.1) is 0 Å². The molecule has 0 saturated carbocycles. The second-order valence-electron chi connectivity index (χ2n) is 6.20. The minimum atomic E-state index is -3.77. The van der Waals surface area contributed by atoms with Crippen molar-refractivity contribution in [3.63, 3.8) is 0 Å². The number of ether oxygens (including phenoxy) is 1. The molecule has 0 spiro atoms. The van der Waals surface area contributed by atoms with Gasteiger partial charge in [0.2, 0.25) is 15.9 Å². The maximum atomic E-state index is 12.7. The summed E-state index contributed by atoms with van der Waals surface area (Å²) < 4.78 is 30.7. The fraction of sp³-hybridized carbons (Fsp3) is 0.278. The summed E-state index contributed by atoms with van der Waals surface area (Å²) in [7, 11) is -2.42. The van der Waals surface area contributed by atoms with Gasteiger partial charge in [0.05, 0.1) is 29.7 Å². The number of nitrogens with zero attached hydrogens (tertiary/aromatic N) is 2. The molecule has 1 unspecified atom stereocenters. The lowest BCUT2D eigenvalue weighted by molar-refractivity contribution is -0.384. The lowest BCUT2D eigenvalue weighted by atomic mass is 10.2. The zero-order chi connectivity index (χ0) is 21.1. The van der Waals surface area contributed by atoms with Crippen LogP contribution < -0.4 is 14.4 Å². The highest BCUT2D eigenvalue weighted by atomic mass is 32.2. The van der Waals surface area contributed by atoms with Crippen LogP contribution in [0.15, 0.2) is 42.5 Å². The minimum Gasteiger partial charge on any atom is -0.495 e. The second kappa shape index (κ2) is 8.26. The second-order valence-corrected chi connectivity index (χ2v) is 8.06. The fourth-order valence-electron chi connectivity index (χ4n) is 2.64. The summed E-state index contributed by atoms with van der Waals surface area (Å²) in [6.07, 6.45) is 1.00. The summed E-state index contributed by atoms with van der Waals surface area (Å²) in [6.45, 7) is 3.29. The summed E-state index contributed by atoms with van der Waals surface area (Å²) in [6, 6.07) is 9.33. The van der Waals surface area contributed by atoms with Crippen LogP contribution in [-0.4, -0.2) is 38.7 Å². The van der Waals surface area contributed by atoms with Gasteiger partial charge in [-0.05, 0) is 32.0 Å². The summed E-state index contributed by atoms with van der Waals surface area (Å²) >= 11 is 0. The Morgan fingerprint density at radius 2 is 1.82 bits per heavy atom. The number of nitrogens with one attached hydrogen (secondary N) is 1. The van der Waals surface area contributed by atoms with E-state index in [1.165, 1.54) is 26.2 Å². The molecule has 0 aliphatic heterocycles. The number of hydrogen-bond acceptors (Lipinski definition) is 6. The van der Waals surface area contributed by atoms with Crippen LogP contribution in [0.5, 0.6) is 5.75 Å². The van der Waals surface area contributed by atoms with Gasteiger partial charge in [-0.2, -0.15) is 0 Å². The van der Waals surface area contributed by atoms with E-state index in [2.05, 4.69) is 5.32 Å². The molecule has 2 aromatic carbocycles. The first-order valence-corrected chi connectivity index (χ1v) is 10.1. The lowest BCUT2D eigenvalue weighted by Crippen LogP contribution is -2.45. The van der Waals surface area contributed by atoms with Crippen molar-refractivity contribution in [2.75, 3.05) is 23.0 Å². The number of carbonyl (C=O) groups is 1. The first-order chi connectivity index (χ1) is 13.0. The number of benzene rings is 2. The molecule has 1 N–H and O–H groups in total. The molecule has 0 aliphatic carbocycles. The molecule has 0 fully saturated rings. The lowest BCUT2D eigenvalue weighted by Gasteiger charge is -2.28. The van der Waals surface area contributed by atoms with Crippen molar-refractivity contribution >= 4 is 33.0 Å². The van der Waals surface area contributed by atoms with Gasteiger partial charge < -0.3 is 10.1 Å². The minimum absolute atomic E-state index is 0.0749. The van der Waals surface area contributed by atoms with E-state index in [1.807, 2.05) is 6.92 Å². The van der Waals surface area contributed by atoms with Crippen LogP contribution in [0, 0.1) is 17.0 Å². The average molecular weight is 407 g/mol. The van der Waals surface area contributed by atoms with Crippen molar-refractivity contribution in [1.82, 2.24) is 0 Å². The highest BCUT2D eigenvalue weighted by Gasteiger charge is 2.29. The van der Waals surface area contributed by atoms with Crippen molar-refractivity contribution in [3.05, 3.63) is 58.1 Å². The van der Waals surface area contributed by atoms with Crippen LogP contribution in [0.1, 0.15) is 12.5 Å². The molecule has 0 bridgehead atoms. The number of amides is 1. The Morgan fingerprint density at radius 3 is 2.32 bits per heavy atom. The molecule has 1 atom stereocenters. The highest BCUT2D eigenvalue weighted by molar-refractivity contribution is 7.92. The van der Waals surface area contributed by atoms with Gasteiger partial charge in [-0.25, -0.2) is 8.42 Å². The Hall–Kier alpha value is -3.14. The summed E-state index contributed by atoms with van der Waals surface area (Å²) in [5, 5.41) is 13.5. The van der Waals surface area contributed by atoms with Crippen molar-refractivity contribution in [2.24, 2.45) is 0 Å². The third kappa shape index (κ3) is 4.77. The quantitative estimate of drug-likeness (QED) is 0.557. The third-order valence-corrected chi connectivity index (χ3v) is 5.27. The number of rotatable bonds is 7. The van der Waals surface area contributed by atoms with Gasteiger partial charge in [0.1, 0.15) is 11.8 Å². The molecular formula is C18H21N3O6S. The smallest absolute Gasteiger partial charge is 0.271 e. The zero-order valence-electron chi connectivity index (χ0n) is 15.9. The third-order valence-electron chi connectivity index (χ3n) is 4.03. The SMILES string of the molecule is COc1ccc([N+](=O)[O-])cc1NC(=O)C(C)N(c1ccc(C)cc1)S(C)(=O)=O. The first kappa shape index (κ1) is 21.2. The first-order valence-electron chi connectivity index (χ1n) is 8.24. The molecule has 9 nitrogen and oxygen atoms in total. The van der Waals surface area contributed by atoms with E-state index in [0.29, 0.717) is 5.69 Å². The number of sulfonamides is 1. The van der Waals surface area contributed by atoms with E-state index in [0.717, 1.165) is 22.2 Å². The fourth-order valence-corrected chi connectivity index (χ4v) is 3.82. The number of nitro groups is 1. The number of nitro benzene ring substituents is 1. The van der Waals surface area contributed by atoms with Gasteiger partial charge in [0, 0.05) is 12.1 Å². The Bertz CT molecular complexity index is 989. The number of aryl methyl sites for hydroxylation is 1. The van der Waals surface area contributed by atoms with E-state index in [1.54, 1.807) is 24.3 Å². The summed E-state index contributed by atoms with van der Waals surface area (Å²) in [5.41, 5.74) is 1.12. The number of hydrogen-bond donors (Lipinski definition) is 1. The Labute approximate surface area is 163 Å². The van der Waals surface area contributed by atoms with E-state index < -0.39 is 26.9 Å². The predicted molar refractivity (Wildman–Crippen MR) is 106 cm³/mol. The number of anilines is 2. The zero-order valence-corrected chi connectivity index (χ0v) is 16.7. The van der Waals surface area contributed by atoms with Crippen LogP contribution in [-0.2, 0) is 14.8 Å². The summed E-state index contributed by atoms with van der Waals surface area (Å²) in [5.74, 6) is -0.447. The molecule has 10 heteroatoms. The van der Waals surface area contributed by atoms with Gasteiger partial charge >= 0.3 is 0 Å². The van der Waals surface area contributed by atoms with Gasteiger partial charge in [-0.3, -0.25) is 19.2 Å². The Morgan fingerprint density at radius 1 is 1.21 bits per heavy atom. The van der Waals surface area contributed by atoms with E-state index in [-0.39, 0.29) is 17.1 Å². The average Bonchev–Trinajstić information content (AvgIpc) is 2.62. The topological polar surface area (TPSA) is 119 Å². The number of non-ortho nitro benzene ring substituents is 1. The van der Waals surface area contributed by atoms with Gasteiger partial charge in [0.15, 0.2) is 0 Å². The molecule has 0 aliphatic rings. The predicted octanol–water partition coefficient (Wildman–Crippen LogP) is 2.71. The van der Waals surface area contributed by atoms with E-state index in [9.17, 15) is 23.3 Å². The van der Waals surface area contributed by atoms with Crippen LogP contribution in [0.4, 0.5) is 17.1 Å². The largest absolute Gasteiger partial charge is 0.495 e. The Kier molecular flexibility index (Phi) is 6.24. The molecule has 0 radical (unpaired) electrons. The Balaban J connectivity index is 2.37. The summed E-state index contributed by atoms with van der Waals surface area (Å²) in [4.78, 5) is 23.1. The van der Waals surface area contributed by atoms with Crippen molar-refractivity contribution in [3.8, 4) is 5.75 Å². The number of methoxy groups -OCH3 is 1. The molecule has 1 amide bonds. The van der Waals surface area contributed by atoms with E-state index >= 15 is 0 Å². The highest BCUT2D eigenvalue weighted by Crippen LogP contribution is 2.30. The monoisotopic (exact) mass is 407 g/mol. The van der Waals surface area contributed by atoms with Crippen molar-refractivity contribution in [1.29, 1.82) is 0 Å². The standard InChI is InChI=1S/C18H21N3O6S/c1-12-5-7-14(8-6-12)20(28(4,25)26)13(2)18(22)19-16-11-15(21(23)24)9-10-17(16)27-3/h5-11,13H,1-4H3,(H,19,22). The molecule has 2 rings (SSSR count). The molecular weight excluding hydrogens is 386 g/mol. The van der Waals surface area contributed by atoms with Gasteiger partial charge in [0.25, 0.3) is 5.69 Å². The maximum Gasteiger partial charge on any atom is 0.271 e. The van der Waals surface area contributed by atoms with Crippen LogP contribution >= 0.6 is 0 Å². The van der Waals surface area contributed by atoms with Crippen LogP contribution in [0.3, 0.4) is 0 Å². The van der Waals surface area contributed by atoms with Crippen molar-refractivity contribution in [2.45, 2.75) is 19.9 Å². The van der Waals surface area contributed by atoms with Crippen LogP contribution in [0.2, 0.25) is 0 Å². The van der Waals surface area contributed by atoms with Gasteiger partial charge in [-0.1, -0.05) is 17.7 Å².